The summed E-state index contributed by atoms with van der Waals surface area (Å²) in [6.07, 6.45) is 0.685. The number of ether oxygens (including phenoxy) is 1. The van der Waals surface area contributed by atoms with Crippen LogP contribution in [0.15, 0.2) is 16.5 Å². The minimum atomic E-state index is -0.164. The molecule has 0 radical (unpaired) electrons. The largest absolute Gasteiger partial charge is 0.493 e. The molecule has 1 unspecified atom stereocenters. The Morgan fingerprint density at radius 3 is 2.64 bits per heavy atom. The van der Waals surface area contributed by atoms with E-state index in [-0.39, 0.29) is 17.7 Å². The predicted octanol–water partition coefficient (Wildman–Crippen LogP) is 2.61. The number of methoxy groups -OCH3 is 1. The number of fused-ring (bicyclic) bond motifs is 1. The van der Waals surface area contributed by atoms with Crippen LogP contribution in [0.4, 0.5) is 0 Å². The maximum absolute atomic E-state index is 12.9. The van der Waals surface area contributed by atoms with E-state index in [9.17, 15) is 9.59 Å². The van der Waals surface area contributed by atoms with Crippen molar-refractivity contribution in [2.24, 2.45) is 5.92 Å². The highest BCUT2D eigenvalue weighted by Gasteiger charge is 2.34. The maximum atomic E-state index is 12.9. The standard InChI is InChI=1S/C19H24N2O4/c1-11-8-14-12(2)16(25-17(14)15(9-11)24-5)19(23)21-7-6-13(10-21)18(22)20(3)4/h8-9,13H,6-7,10H2,1-5H3. The maximum Gasteiger partial charge on any atom is 0.289 e. The van der Waals surface area contributed by atoms with Crippen molar-refractivity contribution in [1.82, 2.24) is 9.80 Å². The Balaban J connectivity index is 1.91. The summed E-state index contributed by atoms with van der Waals surface area (Å²) in [6, 6.07) is 3.89. The van der Waals surface area contributed by atoms with Gasteiger partial charge in [0.05, 0.1) is 13.0 Å². The molecule has 2 heterocycles. The number of benzene rings is 1. The molecule has 6 heteroatoms. The zero-order valence-electron chi connectivity index (χ0n) is 15.4. The minimum absolute atomic E-state index is 0.0638. The van der Waals surface area contributed by atoms with E-state index in [4.69, 9.17) is 9.15 Å². The number of aryl methyl sites for hydroxylation is 2. The fourth-order valence-electron chi connectivity index (χ4n) is 3.44. The lowest BCUT2D eigenvalue weighted by atomic mass is 10.1. The van der Waals surface area contributed by atoms with Crippen molar-refractivity contribution in [1.29, 1.82) is 0 Å². The summed E-state index contributed by atoms with van der Waals surface area (Å²) in [4.78, 5) is 28.3. The van der Waals surface area contributed by atoms with E-state index in [1.807, 2.05) is 26.0 Å². The van der Waals surface area contributed by atoms with Crippen LogP contribution in [-0.4, -0.2) is 55.9 Å². The van der Waals surface area contributed by atoms with E-state index in [1.165, 1.54) is 0 Å². The van der Waals surface area contributed by atoms with Gasteiger partial charge in [0.2, 0.25) is 5.91 Å². The molecule has 0 aliphatic carbocycles. The monoisotopic (exact) mass is 344 g/mol. The fraction of sp³-hybridized carbons (Fsp3) is 0.474. The molecule has 3 rings (SSSR count). The Bertz CT molecular complexity index is 838. The van der Waals surface area contributed by atoms with Crippen LogP contribution >= 0.6 is 0 Å². The first-order valence-electron chi connectivity index (χ1n) is 8.41. The zero-order chi connectivity index (χ0) is 18.3. The smallest absolute Gasteiger partial charge is 0.289 e. The SMILES string of the molecule is COc1cc(C)cc2c(C)c(C(=O)N3CCC(C(=O)N(C)C)C3)oc12. The number of hydrogen-bond acceptors (Lipinski definition) is 4. The van der Waals surface area contributed by atoms with E-state index in [0.717, 1.165) is 16.5 Å². The molecule has 25 heavy (non-hydrogen) atoms. The Morgan fingerprint density at radius 1 is 1.28 bits per heavy atom. The van der Waals surface area contributed by atoms with Gasteiger partial charge in [-0.2, -0.15) is 0 Å². The molecule has 1 fully saturated rings. The highest BCUT2D eigenvalue weighted by atomic mass is 16.5. The third-order valence-corrected chi connectivity index (χ3v) is 4.83. The average Bonchev–Trinajstić information content (AvgIpc) is 3.19. The van der Waals surface area contributed by atoms with Crippen molar-refractivity contribution in [2.75, 3.05) is 34.3 Å². The van der Waals surface area contributed by atoms with Crippen molar-refractivity contribution < 1.29 is 18.7 Å². The minimum Gasteiger partial charge on any atom is -0.493 e. The highest BCUT2D eigenvalue weighted by Crippen LogP contribution is 2.34. The number of amides is 2. The van der Waals surface area contributed by atoms with Gasteiger partial charge in [-0.25, -0.2) is 0 Å². The molecule has 2 amide bonds. The van der Waals surface area contributed by atoms with Crippen molar-refractivity contribution in [3.8, 4) is 5.75 Å². The number of nitrogens with zero attached hydrogens (tertiary/aromatic N) is 2. The molecule has 0 saturated carbocycles. The van der Waals surface area contributed by atoms with Gasteiger partial charge in [-0.15, -0.1) is 0 Å². The summed E-state index contributed by atoms with van der Waals surface area (Å²) in [7, 11) is 5.07. The van der Waals surface area contributed by atoms with Gasteiger partial charge in [-0.3, -0.25) is 9.59 Å². The lowest BCUT2D eigenvalue weighted by Crippen LogP contribution is -2.34. The molecule has 0 spiro atoms. The van der Waals surface area contributed by atoms with Gasteiger partial charge in [-0.1, -0.05) is 0 Å². The van der Waals surface area contributed by atoms with Gasteiger partial charge in [0, 0.05) is 38.1 Å². The van der Waals surface area contributed by atoms with E-state index in [2.05, 4.69) is 0 Å². The molecule has 1 saturated heterocycles. The van der Waals surface area contributed by atoms with E-state index in [1.54, 1.807) is 31.0 Å². The molecule has 6 nitrogen and oxygen atoms in total. The van der Waals surface area contributed by atoms with Crippen LogP contribution in [0.1, 0.15) is 28.1 Å². The van der Waals surface area contributed by atoms with Crippen LogP contribution in [0.5, 0.6) is 5.75 Å². The quantitative estimate of drug-likeness (QED) is 0.859. The first-order chi connectivity index (χ1) is 11.8. The molecular weight excluding hydrogens is 320 g/mol. The van der Waals surface area contributed by atoms with Crippen molar-refractivity contribution in [3.63, 3.8) is 0 Å². The van der Waals surface area contributed by atoms with Crippen molar-refractivity contribution in [3.05, 3.63) is 29.0 Å². The third-order valence-electron chi connectivity index (χ3n) is 4.83. The van der Waals surface area contributed by atoms with Crippen LogP contribution in [0.3, 0.4) is 0 Å². The number of furan rings is 1. The molecule has 0 bridgehead atoms. The molecule has 1 aliphatic rings. The summed E-state index contributed by atoms with van der Waals surface area (Å²) in [5, 5.41) is 0.889. The number of rotatable bonds is 3. The summed E-state index contributed by atoms with van der Waals surface area (Å²) >= 11 is 0. The number of carbonyl (C=O) groups is 2. The molecule has 2 aromatic rings. The van der Waals surface area contributed by atoms with Crippen LogP contribution in [0.2, 0.25) is 0 Å². The van der Waals surface area contributed by atoms with Crippen molar-refractivity contribution in [2.45, 2.75) is 20.3 Å². The average molecular weight is 344 g/mol. The Morgan fingerprint density at radius 2 is 2.00 bits per heavy atom. The molecule has 1 aromatic carbocycles. The third kappa shape index (κ3) is 2.97. The Kier molecular flexibility index (Phi) is 4.45. The Labute approximate surface area is 147 Å². The number of carbonyl (C=O) groups excluding carboxylic acids is 2. The van der Waals surface area contributed by atoms with E-state index >= 15 is 0 Å². The number of hydrogen-bond donors (Lipinski definition) is 0. The van der Waals surface area contributed by atoms with Gasteiger partial charge in [0.25, 0.3) is 5.91 Å². The second-order valence-electron chi connectivity index (χ2n) is 6.87. The van der Waals surface area contributed by atoms with Gasteiger partial charge >= 0.3 is 0 Å². The lowest BCUT2D eigenvalue weighted by Gasteiger charge is -2.17. The van der Waals surface area contributed by atoms with Gasteiger partial charge in [0.15, 0.2) is 17.1 Å². The van der Waals surface area contributed by atoms with Gasteiger partial charge in [0.1, 0.15) is 0 Å². The topological polar surface area (TPSA) is 63.0 Å². The van der Waals surface area contributed by atoms with Crippen LogP contribution in [0, 0.1) is 19.8 Å². The van der Waals surface area contributed by atoms with Crippen LogP contribution in [0.25, 0.3) is 11.0 Å². The molecule has 1 aromatic heterocycles. The molecule has 0 N–H and O–H groups in total. The normalized spacial score (nSPS) is 17.2. The predicted molar refractivity (Wildman–Crippen MR) is 94.9 cm³/mol. The van der Waals surface area contributed by atoms with Crippen LogP contribution < -0.4 is 4.74 Å². The zero-order valence-corrected chi connectivity index (χ0v) is 15.4. The van der Waals surface area contributed by atoms with Crippen LogP contribution in [-0.2, 0) is 4.79 Å². The van der Waals surface area contributed by atoms with Gasteiger partial charge < -0.3 is 19.0 Å². The van der Waals surface area contributed by atoms with E-state index < -0.39 is 0 Å². The highest BCUT2D eigenvalue weighted by molar-refractivity contribution is 6.00. The molecule has 1 atom stereocenters. The second kappa shape index (κ2) is 6.43. The van der Waals surface area contributed by atoms with E-state index in [0.29, 0.717) is 36.6 Å². The molecule has 1 aliphatic heterocycles. The number of likely N-dealkylation sites (tertiary alicyclic amines) is 1. The summed E-state index contributed by atoms with van der Waals surface area (Å²) < 4.78 is 11.3. The summed E-state index contributed by atoms with van der Waals surface area (Å²) in [6.45, 7) is 4.86. The molecule has 134 valence electrons. The van der Waals surface area contributed by atoms with Crippen molar-refractivity contribution >= 4 is 22.8 Å². The lowest BCUT2D eigenvalue weighted by molar-refractivity contribution is -0.132. The second-order valence-corrected chi connectivity index (χ2v) is 6.87. The first kappa shape index (κ1) is 17.3. The summed E-state index contributed by atoms with van der Waals surface area (Å²) in [5.41, 5.74) is 2.45. The Hall–Kier alpha value is -2.50. The first-order valence-corrected chi connectivity index (χ1v) is 8.41. The van der Waals surface area contributed by atoms with Gasteiger partial charge in [-0.05, 0) is 38.0 Å². The molecular formula is C19H24N2O4. The summed E-state index contributed by atoms with van der Waals surface area (Å²) in [5.74, 6) is 0.716. The fourth-order valence-corrected chi connectivity index (χ4v) is 3.44.